The molecule has 1 aliphatic rings. The van der Waals surface area contributed by atoms with Crippen molar-refractivity contribution in [3.05, 3.63) is 5.89 Å². The molecule has 1 aromatic rings. The van der Waals surface area contributed by atoms with Crippen LogP contribution in [0.5, 0.6) is 0 Å². The molecule has 1 aromatic heterocycles. The average Bonchev–Trinajstić information content (AvgIpc) is 2.87. The molecule has 0 bridgehead atoms. The van der Waals surface area contributed by atoms with E-state index < -0.39 is 0 Å². The van der Waals surface area contributed by atoms with Gasteiger partial charge >= 0.3 is 0 Å². The Morgan fingerprint density at radius 1 is 1.41 bits per heavy atom. The Bertz CT molecular complexity index is 352. The highest BCUT2D eigenvalue weighted by atomic mass is 16.5. The molecular weight excluding hydrogens is 216 g/mol. The van der Waals surface area contributed by atoms with E-state index >= 15 is 0 Å². The largest absolute Gasteiger partial charge is 0.342 e. The van der Waals surface area contributed by atoms with Gasteiger partial charge in [0.2, 0.25) is 5.89 Å². The fraction of sp³-hybridized carbons (Fsp3) is 0.833. The number of nitrogens with two attached hydrogens (primary N) is 1. The highest BCUT2D eigenvalue weighted by Gasteiger charge is 2.30. The van der Waals surface area contributed by atoms with Gasteiger partial charge in [0.15, 0.2) is 0 Å². The van der Waals surface area contributed by atoms with Crippen LogP contribution < -0.4 is 10.6 Å². The number of hydrogen-bond donors (Lipinski definition) is 1. The van der Waals surface area contributed by atoms with Crippen LogP contribution >= 0.6 is 0 Å². The van der Waals surface area contributed by atoms with Crippen molar-refractivity contribution in [1.29, 1.82) is 0 Å². The van der Waals surface area contributed by atoms with Crippen LogP contribution in [0.1, 0.15) is 44.4 Å². The Balaban J connectivity index is 2.12. The van der Waals surface area contributed by atoms with Gasteiger partial charge in [0, 0.05) is 19.5 Å². The third kappa shape index (κ3) is 2.60. The second kappa shape index (κ2) is 5.49. The normalized spacial score (nSPS) is 24.9. The first-order valence-corrected chi connectivity index (χ1v) is 6.51. The molecule has 5 nitrogen and oxygen atoms in total. The standard InChI is InChI=1S/C12H22N4O/c1-3-16(2)12-14-11(17-15-12)10-7-5-4-6-9(10)8-13/h9-10H,3-8,13H2,1-2H3. The van der Waals surface area contributed by atoms with E-state index in [2.05, 4.69) is 17.1 Å². The minimum atomic E-state index is 0.361. The number of rotatable bonds is 4. The van der Waals surface area contributed by atoms with Crippen molar-refractivity contribution in [2.24, 2.45) is 11.7 Å². The summed E-state index contributed by atoms with van der Waals surface area (Å²) >= 11 is 0. The fourth-order valence-electron chi connectivity index (χ4n) is 2.49. The quantitative estimate of drug-likeness (QED) is 0.865. The molecule has 2 atom stereocenters. The summed E-state index contributed by atoms with van der Waals surface area (Å²) in [5.74, 6) is 2.32. The SMILES string of the molecule is CCN(C)c1noc(C2CCCCC2CN)n1. The first-order chi connectivity index (χ1) is 8.26. The Hall–Kier alpha value is -1.10. The van der Waals surface area contributed by atoms with Gasteiger partial charge < -0.3 is 15.2 Å². The minimum absolute atomic E-state index is 0.361. The van der Waals surface area contributed by atoms with Crippen molar-refractivity contribution >= 4 is 5.95 Å². The summed E-state index contributed by atoms with van der Waals surface area (Å²) in [7, 11) is 1.97. The molecule has 1 aliphatic carbocycles. The van der Waals surface area contributed by atoms with Crippen LogP contribution in [0.3, 0.4) is 0 Å². The predicted octanol–water partition coefficient (Wildman–Crippen LogP) is 1.76. The van der Waals surface area contributed by atoms with Gasteiger partial charge in [-0.2, -0.15) is 4.98 Å². The van der Waals surface area contributed by atoms with Crippen molar-refractivity contribution in [1.82, 2.24) is 10.1 Å². The number of aromatic nitrogens is 2. The first-order valence-electron chi connectivity index (χ1n) is 6.51. The summed E-state index contributed by atoms with van der Waals surface area (Å²) in [6.45, 7) is 3.66. The van der Waals surface area contributed by atoms with Crippen molar-refractivity contribution in [2.75, 3.05) is 25.0 Å². The molecule has 2 N–H and O–H groups in total. The van der Waals surface area contributed by atoms with Gasteiger partial charge in [0.1, 0.15) is 0 Å². The molecule has 1 saturated carbocycles. The van der Waals surface area contributed by atoms with E-state index in [9.17, 15) is 0 Å². The van der Waals surface area contributed by atoms with Crippen LogP contribution in [0.25, 0.3) is 0 Å². The lowest BCUT2D eigenvalue weighted by molar-refractivity contribution is 0.249. The van der Waals surface area contributed by atoms with E-state index in [4.69, 9.17) is 10.3 Å². The van der Waals surface area contributed by atoms with Crippen LogP contribution in [0.2, 0.25) is 0 Å². The molecule has 2 unspecified atom stereocenters. The summed E-state index contributed by atoms with van der Waals surface area (Å²) in [4.78, 5) is 6.47. The maximum absolute atomic E-state index is 5.82. The summed E-state index contributed by atoms with van der Waals surface area (Å²) < 4.78 is 5.40. The fourth-order valence-corrected chi connectivity index (χ4v) is 2.49. The van der Waals surface area contributed by atoms with Crippen LogP contribution in [0.4, 0.5) is 5.95 Å². The summed E-state index contributed by atoms with van der Waals surface area (Å²) in [5, 5.41) is 4.03. The predicted molar refractivity (Wildman–Crippen MR) is 67.0 cm³/mol. The molecule has 5 heteroatoms. The second-order valence-corrected chi connectivity index (χ2v) is 4.83. The Labute approximate surface area is 102 Å². The maximum Gasteiger partial charge on any atom is 0.265 e. The molecule has 0 amide bonds. The zero-order chi connectivity index (χ0) is 12.3. The van der Waals surface area contributed by atoms with E-state index in [-0.39, 0.29) is 0 Å². The molecule has 96 valence electrons. The van der Waals surface area contributed by atoms with E-state index in [1.165, 1.54) is 19.3 Å². The van der Waals surface area contributed by atoms with Crippen molar-refractivity contribution in [2.45, 2.75) is 38.5 Å². The lowest BCUT2D eigenvalue weighted by Gasteiger charge is -2.27. The maximum atomic E-state index is 5.82. The Kier molecular flexibility index (Phi) is 3.99. The van der Waals surface area contributed by atoms with E-state index in [1.807, 2.05) is 11.9 Å². The van der Waals surface area contributed by atoms with Crippen LogP contribution in [0, 0.1) is 5.92 Å². The van der Waals surface area contributed by atoms with Gasteiger partial charge in [-0.25, -0.2) is 0 Å². The van der Waals surface area contributed by atoms with Crippen molar-refractivity contribution in [3.8, 4) is 0 Å². The lowest BCUT2D eigenvalue weighted by Crippen LogP contribution is -2.25. The Morgan fingerprint density at radius 2 is 2.18 bits per heavy atom. The molecule has 1 fully saturated rings. The highest BCUT2D eigenvalue weighted by Crippen LogP contribution is 2.36. The van der Waals surface area contributed by atoms with Crippen LogP contribution in [-0.2, 0) is 0 Å². The van der Waals surface area contributed by atoms with Crippen molar-refractivity contribution in [3.63, 3.8) is 0 Å². The van der Waals surface area contributed by atoms with Gasteiger partial charge in [-0.1, -0.05) is 12.8 Å². The zero-order valence-corrected chi connectivity index (χ0v) is 10.7. The van der Waals surface area contributed by atoms with Gasteiger partial charge in [0.25, 0.3) is 5.95 Å². The average molecular weight is 238 g/mol. The van der Waals surface area contributed by atoms with Gasteiger partial charge in [-0.15, -0.1) is 0 Å². The number of anilines is 1. The molecule has 17 heavy (non-hydrogen) atoms. The minimum Gasteiger partial charge on any atom is -0.342 e. The molecule has 0 radical (unpaired) electrons. The molecule has 1 heterocycles. The highest BCUT2D eigenvalue weighted by molar-refractivity contribution is 5.25. The van der Waals surface area contributed by atoms with E-state index in [0.29, 0.717) is 24.3 Å². The molecule has 0 aliphatic heterocycles. The lowest BCUT2D eigenvalue weighted by atomic mass is 9.79. The third-order valence-corrected chi connectivity index (χ3v) is 3.78. The van der Waals surface area contributed by atoms with Crippen molar-refractivity contribution < 1.29 is 4.52 Å². The zero-order valence-electron chi connectivity index (χ0n) is 10.7. The van der Waals surface area contributed by atoms with Gasteiger partial charge in [-0.3, -0.25) is 0 Å². The molecule has 2 rings (SSSR count). The number of nitrogens with zero attached hydrogens (tertiary/aromatic N) is 3. The first kappa shape index (κ1) is 12.4. The Morgan fingerprint density at radius 3 is 2.88 bits per heavy atom. The number of hydrogen-bond acceptors (Lipinski definition) is 5. The van der Waals surface area contributed by atoms with Crippen LogP contribution in [-0.4, -0.2) is 30.3 Å². The van der Waals surface area contributed by atoms with Gasteiger partial charge in [0.05, 0.1) is 0 Å². The monoisotopic (exact) mass is 238 g/mol. The molecule has 0 aromatic carbocycles. The molecular formula is C12H22N4O. The third-order valence-electron chi connectivity index (χ3n) is 3.78. The smallest absolute Gasteiger partial charge is 0.265 e. The molecule has 0 saturated heterocycles. The molecule has 0 spiro atoms. The summed E-state index contributed by atoms with van der Waals surface area (Å²) in [6.07, 6.45) is 4.82. The topological polar surface area (TPSA) is 68.2 Å². The second-order valence-electron chi connectivity index (χ2n) is 4.83. The summed E-state index contributed by atoms with van der Waals surface area (Å²) in [5.41, 5.74) is 5.82. The van der Waals surface area contributed by atoms with Crippen LogP contribution in [0.15, 0.2) is 4.52 Å². The van der Waals surface area contributed by atoms with Gasteiger partial charge in [-0.05, 0) is 37.4 Å². The van der Waals surface area contributed by atoms with E-state index in [1.54, 1.807) is 0 Å². The summed E-state index contributed by atoms with van der Waals surface area (Å²) in [6, 6.07) is 0. The van der Waals surface area contributed by atoms with E-state index in [0.717, 1.165) is 18.9 Å².